The number of hydrogen-bond acceptors (Lipinski definition) is 9. The van der Waals surface area contributed by atoms with E-state index in [-0.39, 0.29) is 0 Å². The molecule has 5 atom stereocenters. The second-order valence-corrected chi connectivity index (χ2v) is 10.5. The van der Waals surface area contributed by atoms with E-state index >= 15 is 0 Å². The second kappa shape index (κ2) is 12.1. The Morgan fingerprint density at radius 3 is 2.31 bits per heavy atom. The van der Waals surface area contributed by atoms with Gasteiger partial charge >= 0.3 is 0 Å². The lowest BCUT2D eigenvalue weighted by Gasteiger charge is -2.38. The van der Waals surface area contributed by atoms with Gasteiger partial charge in [0.2, 0.25) is 0 Å². The molecule has 1 saturated heterocycles. The highest BCUT2D eigenvalue weighted by Gasteiger charge is 2.43. The van der Waals surface area contributed by atoms with Crippen molar-refractivity contribution in [3.8, 4) is 6.07 Å². The van der Waals surface area contributed by atoms with Crippen LogP contribution < -0.4 is 9.62 Å². The van der Waals surface area contributed by atoms with Crippen molar-refractivity contribution in [2.45, 2.75) is 57.4 Å². The summed E-state index contributed by atoms with van der Waals surface area (Å²) in [6.45, 7) is 5.66. The molecule has 5 N–H and O–H groups in total. The third kappa shape index (κ3) is 6.41. The van der Waals surface area contributed by atoms with E-state index in [9.17, 15) is 34.1 Å². The van der Waals surface area contributed by atoms with Gasteiger partial charge in [-0.3, -0.25) is 0 Å². The summed E-state index contributed by atoms with van der Waals surface area (Å²) in [5.41, 5.74) is 1.63. The Bertz CT molecular complexity index is 1220. The van der Waals surface area contributed by atoms with Crippen molar-refractivity contribution in [1.82, 2.24) is 4.72 Å². The van der Waals surface area contributed by atoms with E-state index in [2.05, 4.69) is 29.5 Å². The number of benzene rings is 2. The molecule has 196 valence electrons. The van der Waals surface area contributed by atoms with Crippen molar-refractivity contribution < 1.29 is 33.6 Å². The zero-order chi connectivity index (χ0) is 26.5. The molecule has 2 aromatic rings. The van der Waals surface area contributed by atoms with E-state index in [1.54, 1.807) is 18.2 Å². The molecule has 0 aromatic heterocycles. The highest BCUT2D eigenvalue weighted by atomic mass is 32.2. The number of ether oxygens (including phenoxy) is 1. The fourth-order valence-electron chi connectivity index (χ4n) is 4.14. The van der Waals surface area contributed by atoms with E-state index < -0.39 is 52.2 Å². The van der Waals surface area contributed by atoms with Crippen molar-refractivity contribution in [2.75, 3.05) is 24.5 Å². The van der Waals surface area contributed by atoms with Crippen LogP contribution in [0.2, 0.25) is 0 Å². The van der Waals surface area contributed by atoms with Gasteiger partial charge in [-0.05, 0) is 53.5 Å². The van der Waals surface area contributed by atoms with Crippen molar-refractivity contribution in [1.29, 1.82) is 5.26 Å². The largest absolute Gasteiger partial charge is 0.388 e. The van der Waals surface area contributed by atoms with Gasteiger partial charge in [-0.1, -0.05) is 32.0 Å². The molecule has 3 rings (SSSR count). The molecule has 0 saturated carbocycles. The number of nitriles is 1. The van der Waals surface area contributed by atoms with Gasteiger partial charge in [-0.25, -0.2) is 13.1 Å². The molecule has 1 fully saturated rings. The van der Waals surface area contributed by atoms with Gasteiger partial charge in [0.05, 0.1) is 0 Å². The van der Waals surface area contributed by atoms with Crippen LogP contribution in [0.15, 0.2) is 41.3 Å². The molecular weight excluding hydrogens is 486 g/mol. The number of fused-ring (bicyclic) bond motifs is 1. The number of aliphatic hydroxyl groups is 4. The van der Waals surface area contributed by atoms with Gasteiger partial charge in [0, 0.05) is 25.3 Å². The highest BCUT2D eigenvalue weighted by Crippen LogP contribution is 2.25. The molecule has 2 aromatic carbocycles. The van der Waals surface area contributed by atoms with Crippen LogP contribution in [0.3, 0.4) is 0 Å². The minimum Gasteiger partial charge on any atom is -0.388 e. The molecule has 10 nitrogen and oxygen atoms in total. The van der Waals surface area contributed by atoms with E-state index in [4.69, 9.17) is 4.74 Å². The van der Waals surface area contributed by atoms with E-state index in [1.165, 1.54) is 6.08 Å². The molecule has 0 bridgehead atoms. The number of anilines is 1. The third-order valence-corrected chi connectivity index (χ3v) is 7.39. The first-order valence-electron chi connectivity index (χ1n) is 11.9. The number of allylic oxidation sites excluding steroid dienone is 1. The van der Waals surface area contributed by atoms with Crippen LogP contribution in [0.4, 0.5) is 5.69 Å². The number of aliphatic hydroxyl groups excluding tert-OH is 4. The van der Waals surface area contributed by atoms with E-state index in [0.29, 0.717) is 5.56 Å². The molecule has 5 unspecified atom stereocenters. The highest BCUT2D eigenvalue weighted by molar-refractivity contribution is 7.93. The Hall–Kier alpha value is -2.56. The number of rotatable bonds is 10. The van der Waals surface area contributed by atoms with Crippen molar-refractivity contribution in [3.63, 3.8) is 0 Å². The van der Waals surface area contributed by atoms with Crippen molar-refractivity contribution in [2.24, 2.45) is 0 Å². The van der Waals surface area contributed by atoms with Crippen LogP contribution in [0.5, 0.6) is 0 Å². The molecular formula is C25H33N3O7S. The molecule has 0 amide bonds. The first kappa shape index (κ1) is 28.0. The van der Waals surface area contributed by atoms with Gasteiger partial charge in [0.1, 0.15) is 30.5 Å². The first-order valence-corrected chi connectivity index (χ1v) is 13.4. The topological polar surface area (TPSA) is 163 Å². The van der Waals surface area contributed by atoms with Gasteiger partial charge in [-0.2, -0.15) is 5.26 Å². The molecule has 11 heteroatoms. The van der Waals surface area contributed by atoms with Crippen LogP contribution >= 0.6 is 0 Å². The minimum absolute atomic E-state index is 0.513. The average molecular weight is 520 g/mol. The van der Waals surface area contributed by atoms with Crippen molar-refractivity contribution in [3.05, 3.63) is 46.9 Å². The zero-order valence-electron chi connectivity index (χ0n) is 20.3. The summed E-state index contributed by atoms with van der Waals surface area (Å²) in [5, 5.41) is 50.3. The molecule has 36 heavy (non-hydrogen) atoms. The number of hydrogen-bond donors (Lipinski definition) is 5. The van der Waals surface area contributed by atoms with Crippen LogP contribution in [0.1, 0.15) is 32.3 Å². The van der Waals surface area contributed by atoms with E-state index in [0.717, 1.165) is 42.4 Å². The van der Waals surface area contributed by atoms with Gasteiger partial charge in [0.25, 0.3) is 10.0 Å². The lowest BCUT2D eigenvalue weighted by Crippen LogP contribution is -2.59. The average Bonchev–Trinajstić information content (AvgIpc) is 2.86. The monoisotopic (exact) mass is 519 g/mol. The summed E-state index contributed by atoms with van der Waals surface area (Å²) in [4.78, 5) is 1.77. The number of nitrogens with one attached hydrogen (secondary N) is 1. The molecule has 0 spiro atoms. The fourth-order valence-corrected chi connectivity index (χ4v) is 5.09. The van der Waals surface area contributed by atoms with Crippen LogP contribution in [0, 0.1) is 11.3 Å². The number of nitrogens with zero attached hydrogens (tertiary/aromatic N) is 2. The lowest BCUT2D eigenvalue weighted by atomic mass is 9.99. The summed E-state index contributed by atoms with van der Waals surface area (Å²) < 4.78 is 32.6. The maximum absolute atomic E-state index is 12.7. The van der Waals surface area contributed by atoms with Crippen LogP contribution in [-0.4, -0.2) is 79.2 Å². The Kier molecular flexibility index (Phi) is 9.43. The standard InChI is InChI=1S/C25H33N3O7S/c1-3-9-28(10-4-2)19-8-7-17-11-16(5-6-18(17)13-19)12-20(14-26)36(33,34)27-15-21-22(29)23(30)24(31)25(32)35-21/h5-8,11-13,21-25,27,29-32H,3-4,9-10,15H2,1-2H3. The normalized spacial score (nSPS) is 25.0. The smallest absolute Gasteiger partial charge is 0.250 e. The lowest BCUT2D eigenvalue weighted by molar-refractivity contribution is -0.279. The summed E-state index contributed by atoms with van der Waals surface area (Å²) in [7, 11) is -4.30. The summed E-state index contributed by atoms with van der Waals surface area (Å²) in [5.74, 6) is 0. The summed E-state index contributed by atoms with van der Waals surface area (Å²) >= 11 is 0. The zero-order valence-corrected chi connectivity index (χ0v) is 21.1. The maximum Gasteiger partial charge on any atom is 0.250 e. The summed E-state index contributed by atoms with van der Waals surface area (Å²) in [6.07, 6.45) is -4.90. The van der Waals surface area contributed by atoms with Gasteiger partial charge in [-0.15, -0.1) is 0 Å². The minimum atomic E-state index is -4.30. The summed E-state index contributed by atoms with van der Waals surface area (Å²) in [6, 6.07) is 13.1. The second-order valence-electron chi connectivity index (χ2n) is 8.79. The predicted molar refractivity (Wildman–Crippen MR) is 136 cm³/mol. The third-order valence-electron chi connectivity index (χ3n) is 6.06. The Morgan fingerprint density at radius 1 is 1.03 bits per heavy atom. The molecule has 1 aliphatic heterocycles. The SMILES string of the molecule is CCCN(CCC)c1ccc2cc(C=C(C#N)S(=O)(=O)NCC3OC(O)C(O)C(O)C3O)ccc2c1. The van der Waals surface area contributed by atoms with E-state index in [1.807, 2.05) is 18.2 Å². The Morgan fingerprint density at radius 2 is 1.67 bits per heavy atom. The Labute approximate surface area is 211 Å². The fraction of sp³-hybridized carbons (Fsp3) is 0.480. The van der Waals surface area contributed by atoms with Gasteiger partial charge in [0.15, 0.2) is 11.2 Å². The van der Waals surface area contributed by atoms with Crippen LogP contribution in [-0.2, 0) is 14.8 Å². The predicted octanol–water partition coefficient (Wildman–Crippen LogP) is 1.05. The maximum atomic E-state index is 12.7. The number of sulfonamides is 1. The molecule has 0 aliphatic carbocycles. The van der Waals surface area contributed by atoms with Crippen molar-refractivity contribution >= 4 is 32.6 Å². The molecule has 1 aliphatic rings. The van der Waals surface area contributed by atoms with Crippen LogP contribution in [0.25, 0.3) is 16.8 Å². The first-order chi connectivity index (χ1) is 17.1. The molecule has 1 heterocycles. The quantitative estimate of drug-likeness (QED) is 0.289. The Balaban J connectivity index is 1.78. The van der Waals surface area contributed by atoms with Gasteiger partial charge < -0.3 is 30.1 Å². The molecule has 0 radical (unpaired) electrons.